The Morgan fingerprint density at radius 3 is 2.58 bits per heavy atom. The standard InChI is InChI=1S/C20H22ClFN2O2/c1-14-7-8-17(13-18(14)21)24(15(2)25)12-10-20(26)23-11-9-16-5-3-4-6-19(16)22/h3-8,13H,9-12H2,1-2H3,(H,23,26). The first-order chi connectivity index (χ1) is 12.4. The molecular formula is C20H22ClFN2O2. The quantitative estimate of drug-likeness (QED) is 0.797. The van der Waals surface area contributed by atoms with E-state index in [1.807, 2.05) is 13.0 Å². The first kappa shape index (κ1) is 19.9. The van der Waals surface area contributed by atoms with Gasteiger partial charge in [0.15, 0.2) is 0 Å². The molecule has 6 heteroatoms. The maximum absolute atomic E-state index is 13.5. The molecule has 0 fully saturated rings. The second-order valence-electron chi connectivity index (χ2n) is 6.05. The van der Waals surface area contributed by atoms with E-state index in [1.54, 1.807) is 30.3 Å². The monoisotopic (exact) mass is 376 g/mol. The highest BCUT2D eigenvalue weighted by Crippen LogP contribution is 2.23. The first-order valence-corrected chi connectivity index (χ1v) is 8.80. The Morgan fingerprint density at radius 1 is 1.19 bits per heavy atom. The van der Waals surface area contributed by atoms with E-state index in [2.05, 4.69) is 5.32 Å². The largest absolute Gasteiger partial charge is 0.356 e. The number of anilines is 1. The van der Waals surface area contributed by atoms with Gasteiger partial charge in [-0.2, -0.15) is 0 Å². The highest BCUT2D eigenvalue weighted by Gasteiger charge is 2.14. The zero-order valence-electron chi connectivity index (χ0n) is 14.9. The van der Waals surface area contributed by atoms with Crippen LogP contribution >= 0.6 is 11.6 Å². The van der Waals surface area contributed by atoms with Gasteiger partial charge in [0.1, 0.15) is 5.82 Å². The van der Waals surface area contributed by atoms with Crippen LogP contribution in [0.25, 0.3) is 0 Å². The van der Waals surface area contributed by atoms with Crippen molar-refractivity contribution in [2.45, 2.75) is 26.7 Å². The summed E-state index contributed by atoms with van der Waals surface area (Å²) in [5.74, 6) is -0.629. The first-order valence-electron chi connectivity index (χ1n) is 8.43. The predicted molar refractivity (Wildman–Crippen MR) is 102 cm³/mol. The van der Waals surface area contributed by atoms with Crippen molar-refractivity contribution in [1.29, 1.82) is 0 Å². The van der Waals surface area contributed by atoms with Crippen molar-refractivity contribution in [2.24, 2.45) is 0 Å². The number of benzene rings is 2. The summed E-state index contributed by atoms with van der Waals surface area (Å²) in [5.41, 5.74) is 2.14. The number of hydrogen-bond donors (Lipinski definition) is 1. The van der Waals surface area contributed by atoms with Gasteiger partial charge in [-0.15, -0.1) is 0 Å². The lowest BCUT2D eigenvalue weighted by Crippen LogP contribution is -2.34. The van der Waals surface area contributed by atoms with E-state index in [-0.39, 0.29) is 30.6 Å². The lowest BCUT2D eigenvalue weighted by atomic mass is 10.1. The number of nitrogens with zero attached hydrogens (tertiary/aromatic N) is 1. The van der Waals surface area contributed by atoms with Crippen LogP contribution < -0.4 is 10.2 Å². The van der Waals surface area contributed by atoms with Crippen molar-refractivity contribution in [3.63, 3.8) is 0 Å². The highest BCUT2D eigenvalue weighted by atomic mass is 35.5. The summed E-state index contributed by atoms with van der Waals surface area (Å²) in [5, 5.41) is 3.33. The minimum Gasteiger partial charge on any atom is -0.356 e. The molecule has 0 aromatic heterocycles. The summed E-state index contributed by atoms with van der Waals surface area (Å²) in [6, 6.07) is 11.8. The van der Waals surface area contributed by atoms with Crippen molar-refractivity contribution in [3.8, 4) is 0 Å². The summed E-state index contributed by atoms with van der Waals surface area (Å²) >= 11 is 6.12. The molecule has 0 heterocycles. The van der Waals surface area contributed by atoms with Crippen LogP contribution in [0.5, 0.6) is 0 Å². The molecule has 0 bridgehead atoms. The molecule has 0 aliphatic carbocycles. The molecule has 1 N–H and O–H groups in total. The second kappa shape index (κ2) is 9.34. The Hall–Kier alpha value is -2.40. The Bertz CT molecular complexity index is 795. The zero-order valence-corrected chi connectivity index (χ0v) is 15.6. The number of nitrogens with one attached hydrogen (secondary N) is 1. The smallest absolute Gasteiger partial charge is 0.223 e. The van der Waals surface area contributed by atoms with Crippen molar-refractivity contribution >= 4 is 29.1 Å². The SMILES string of the molecule is CC(=O)N(CCC(=O)NCCc1ccccc1F)c1ccc(C)c(Cl)c1. The van der Waals surface area contributed by atoms with Gasteiger partial charge in [-0.25, -0.2) is 4.39 Å². The van der Waals surface area contributed by atoms with Gasteiger partial charge < -0.3 is 10.2 Å². The van der Waals surface area contributed by atoms with E-state index in [4.69, 9.17) is 11.6 Å². The van der Waals surface area contributed by atoms with Crippen molar-refractivity contribution < 1.29 is 14.0 Å². The molecule has 2 rings (SSSR count). The minimum atomic E-state index is -0.277. The molecular weight excluding hydrogens is 355 g/mol. The van der Waals surface area contributed by atoms with Crippen LogP contribution in [0, 0.1) is 12.7 Å². The van der Waals surface area contributed by atoms with Gasteiger partial charge in [-0.05, 0) is 42.7 Å². The molecule has 2 amide bonds. The van der Waals surface area contributed by atoms with E-state index >= 15 is 0 Å². The average Bonchev–Trinajstić information content (AvgIpc) is 2.59. The van der Waals surface area contributed by atoms with Gasteiger partial charge in [0.2, 0.25) is 11.8 Å². The molecule has 138 valence electrons. The normalized spacial score (nSPS) is 10.5. The van der Waals surface area contributed by atoms with Gasteiger partial charge in [0.25, 0.3) is 0 Å². The molecule has 2 aromatic rings. The van der Waals surface area contributed by atoms with Crippen LogP contribution in [-0.2, 0) is 16.0 Å². The van der Waals surface area contributed by atoms with Gasteiger partial charge in [0.05, 0.1) is 0 Å². The highest BCUT2D eigenvalue weighted by molar-refractivity contribution is 6.31. The molecule has 26 heavy (non-hydrogen) atoms. The summed E-state index contributed by atoms with van der Waals surface area (Å²) in [7, 11) is 0. The Morgan fingerprint density at radius 2 is 1.92 bits per heavy atom. The van der Waals surface area contributed by atoms with Crippen LogP contribution in [-0.4, -0.2) is 24.9 Å². The van der Waals surface area contributed by atoms with Gasteiger partial charge in [0, 0.05) is 37.1 Å². The number of carbonyl (C=O) groups is 2. The summed E-state index contributed by atoms with van der Waals surface area (Å²) in [6.07, 6.45) is 0.574. The second-order valence-corrected chi connectivity index (χ2v) is 6.45. The Balaban J connectivity index is 1.86. The number of rotatable bonds is 7. The summed E-state index contributed by atoms with van der Waals surface area (Å²) in [4.78, 5) is 25.4. The third-order valence-corrected chi connectivity index (χ3v) is 4.49. The molecule has 2 aromatic carbocycles. The average molecular weight is 377 g/mol. The van der Waals surface area contributed by atoms with E-state index in [0.717, 1.165) is 5.56 Å². The fraction of sp³-hybridized carbons (Fsp3) is 0.300. The van der Waals surface area contributed by atoms with Gasteiger partial charge >= 0.3 is 0 Å². The number of hydrogen-bond acceptors (Lipinski definition) is 2. The van der Waals surface area contributed by atoms with Crippen LogP contribution in [0.1, 0.15) is 24.5 Å². The molecule has 0 atom stereocenters. The molecule has 0 radical (unpaired) electrons. The van der Waals surface area contributed by atoms with Crippen LogP contribution in [0.2, 0.25) is 5.02 Å². The fourth-order valence-electron chi connectivity index (χ4n) is 2.56. The lowest BCUT2D eigenvalue weighted by molar-refractivity contribution is -0.121. The number of halogens is 2. The third kappa shape index (κ3) is 5.56. The predicted octanol–water partition coefficient (Wildman–Crippen LogP) is 3.89. The van der Waals surface area contributed by atoms with E-state index in [1.165, 1.54) is 17.9 Å². The van der Waals surface area contributed by atoms with Gasteiger partial charge in [-0.1, -0.05) is 35.9 Å². The van der Waals surface area contributed by atoms with Crippen LogP contribution in [0.15, 0.2) is 42.5 Å². The Kier molecular flexibility index (Phi) is 7.16. The number of carbonyl (C=O) groups excluding carboxylic acids is 2. The van der Waals surface area contributed by atoms with Crippen molar-refractivity contribution in [1.82, 2.24) is 5.32 Å². The topological polar surface area (TPSA) is 49.4 Å². The molecule has 0 spiro atoms. The number of aryl methyl sites for hydroxylation is 1. The van der Waals surface area contributed by atoms with E-state index in [9.17, 15) is 14.0 Å². The summed E-state index contributed by atoms with van der Waals surface area (Å²) in [6.45, 7) is 3.92. The number of amides is 2. The van der Waals surface area contributed by atoms with E-state index < -0.39 is 0 Å². The molecule has 0 aliphatic rings. The van der Waals surface area contributed by atoms with Crippen LogP contribution in [0.4, 0.5) is 10.1 Å². The zero-order chi connectivity index (χ0) is 19.1. The molecule has 0 saturated heterocycles. The van der Waals surface area contributed by atoms with E-state index in [0.29, 0.717) is 29.2 Å². The van der Waals surface area contributed by atoms with Crippen molar-refractivity contribution in [3.05, 3.63) is 64.4 Å². The lowest BCUT2D eigenvalue weighted by Gasteiger charge is -2.21. The maximum Gasteiger partial charge on any atom is 0.223 e. The molecule has 0 aliphatic heterocycles. The fourth-order valence-corrected chi connectivity index (χ4v) is 2.73. The third-order valence-electron chi connectivity index (χ3n) is 4.08. The van der Waals surface area contributed by atoms with Gasteiger partial charge in [-0.3, -0.25) is 9.59 Å². The van der Waals surface area contributed by atoms with Crippen LogP contribution in [0.3, 0.4) is 0 Å². The molecule has 0 saturated carbocycles. The van der Waals surface area contributed by atoms with Crippen molar-refractivity contribution in [2.75, 3.05) is 18.0 Å². The minimum absolute atomic E-state index is 0.155. The summed E-state index contributed by atoms with van der Waals surface area (Å²) < 4.78 is 13.5. The Labute approximate surface area is 158 Å². The molecule has 0 unspecified atom stereocenters. The molecule has 4 nitrogen and oxygen atoms in total. The maximum atomic E-state index is 13.5.